The Labute approximate surface area is 70.5 Å². The highest BCUT2D eigenvalue weighted by Crippen LogP contribution is 2.30. The molecule has 4 N–H and O–H groups in total. The molecule has 12 heavy (non-hydrogen) atoms. The number of rotatable bonds is 2. The first-order chi connectivity index (χ1) is 5.61. The van der Waals surface area contributed by atoms with E-state index in [1.54, 1.807) is 0 Å². The summed E-state index contributed by atoms with van der Waals surface area (Å²) in [5, 5.41) is 11.7. The van der Waals surface area contributed by atoms with Gasteiger partial charge in [0.05, 0.1) is 18.2 Å². The number of hydrogen-bond donors (Lipinski definition) is 3. The predicted octanol–water partition coefficient (Wildman–Crippen LogP) is -1.39. The number of nitrogens with zero attached hydrogens (tertiary/aromatic N) is 1. The molecule has 0 spiro atoms. The van der Waals surface area contributed by atoms with E-state index >= 15 is 0 Å². The van der Waals surface area contributed by atoms with E-state index < -0.39 is 5.97 Å². The summed E-state index contributed by atoms with van der Waals surface area (Å²) in [6.45, 7) is 2.55. The fourth-order valence-corrected chi connectivity index (χ4v) is 1.73. The molecule has 0 bridgehead atoms. The molecule has 0 aromatic carbocycles. The van der Waals surface area contributed by atoms with Crippen molar-refractivity contribution < 1.29 is 9.90 Å². The molecule has 5 nitrogen and oxygen atoms in total. The van der Waals surface area contributed by atoms with Crippen LogP contribution in [0.3, 0.4) is 0 Å². The molecule has 2 aliphatic heterocycles. The molecule has 0 saturated carbocycles. The number of hydrogen-bond acceptors (Lipinski definition) is 4. The van der Waals surface area contributed by atoms with Crippen molar-refractivity contribution in [2.75, 3.05) is 6.54 Å². The van der Waals surface area contributed by atoms with E-state index in [-0.39, 0.29) is 24.3 Å². The van der Waals surface area contributed by atoms with Crippen LogP contribution in [0.25, 0.3) is 0 Å². The highest BCUT2D eigenvalue weighted by atomic mass is 16.4. The van der Waals surface area contributed by atoms with E-state index in [2.05, 4.69) is 10.2 Å². The van der Waals surface area contributed by atoms with Crippen molar-refractivity contribution in [1.29, 1.82) is 0 Å². The van der Waals surface area contributed by atoms with Gasteiger partial charge in [-0.2, -0.15) is 0 Å². The zero-order valence-electron chi connectivity index (χ0n) is 6.90. The maximum atomic E-state index is 10.6. The molecule has 0 aliphatic carbocycles. The second-order valence-electron chi connectivity index (χ2n) is 3.52. The van der Waals surface area contributed by atoms with Gasteiger partial charge in [0.25, 0.3) is 0 Å². The molecule has 2 unspecified atom stereocenters. The van der Waals surface area contributed by atoms with E-state index in [9.17, 15) is 4.79 Å². The molecule has 2 saturated heterocycles. The summed E-state index contributed by atoms with van der Waals surface area (Å²) in [7, 11) is 0. The van der Waals surface area contributed by atoms with Gasteiger partial charge < -0.3 is 10.8 Å². The Kier molecular flexibility index (Phi) is 1.61. The Bertz CT molecular complexity index is 221. The van der Waals surface area contributed by atoms with Gasteiger partial charge in [-0.25, -0.2) is 0 Å². The van der Waals surface area contributed by atoms with Crippen LogP contribution >= 0.6 is 0 Å². The van der Waals surface area contributed by atoms with Crippen LogP contribution < -0.4 is 11.1 Å². The zero-order valence-corrected chi connectivity index (χ0v) is 6.90. The number of carboxylic acids is 1. The Morgan fingerprint density at radius 1 is 1.75 bits per heavy atom. The predicted molar refractivity (Wildman–Crippen MR) is 42.2 cm³/mol. The summed E-state index contributed by atoms with van der Waals surface area (Å²) in [5.41, 5.74) is 5.56. The Morgan fingerprint density at radius 3 is 2.67 bits per heavy atom. The third-order valence-electron chi connectivity index (χ3n) is 2.78. The molecule has 2 heterocycles. The van der Waals surface area contributed by atoms with Crippen molar-refractivity contribution in [2.45, 2.75) is 25.3 Å². The van der Waals surface area contributed by atoms with Crippen LogP contribution in [0, 0.1) is 5.92 Å². The van der Waals surface area contributed by atoms with Gasteiger partial charge in [-0.15, -0.1) is 0 Å². The third kappa shape index (κ3) is 1.01. The molecule has 2 aliphatic rings. The SMILES string of the molecule is C[C@H]1[C@@H](C(=O)O)CN1C1NC1N. The van der Waals surface area contributed by atoms with Gasteiger partial charge in [-0.1, -0.05) is 0 Å². The van der Waals surface area contributed by atoms with Gasteiger partial charge in [-0.05, 0) is 6.92 Å². The lowest BCUT2D eigenvalue weighted by molar-refractivity contribution is -0.152. The molecule has 2 rings (SSSR count). The lowest BCUT2D eigenvalue weighted by atomic mass is 9.90. The summed E-state index contributed by atoms with van der Waals surface area (Å²) in [5.74, 6) is -0.910. The smallest absolute Gasteiger partial charge is 0.309 e. The van der Waals surface area contributed by atoms with Gasteiger partial charge >= 0.3 is 5.97 Å². The molecule has 68 valence electrons. The summed E-state index contributed by atoms with van der Waals surface area (Å²) in [6.07, 6.45) is 0.262. The van der Waals surface area contributed by atoms with Crippen molar-refractivity contribution in [1.82, 2.24) is 10.2 Å². The minimum atomic E-state index is -0.701. The highest BCUT2D eigenvalue weighted by Gasteiger charge is 2.50. The lowest BCUT2D eigenvalue weighted by Crippen LogP contribution is -2.59. The van der Waals surface area contributed by atoms with Crippen molar-refractivity contribution in [3.05, 3.63) is 0 Å². The first kappa shape index (κ1) is 7.97. The van der Waals surface area contributed by atoms with Crippen molar-refractivity contribution in [3.63, 3.8) is 0 Å². The highest BCUT2D eigenvalue weighted by molar-refractivity contribution is 5.72. The maximum absolute atomic E-state index is 10.6. The molecule has 2 fully saturated rings. The van der Waals surface area contributed by atoms with E-state index in [0.717, 1.165) is 0 Å². The van der Waals surface area contributed by atoms with Gasteiger partial charge in [0, 0.05) is 12.6 Å². The fraction of sp³-hybridized carbons (Fsp3) is 0.857. The second kappa shape index (κ2) is 2.42. The molecule has 4 atom stereocenters. The summed E-state index contributed by atoms with van der Waals surface area (Å²) >= 11 is 0. The molecular weight excluding hydrogens is 158 g/mol. The largest absolute Gasteiger partial charge is 0.481 e. The van der Waals surface area contributed by atoms with Crippen LogP contribution in [0.2, 0.25) is 0 Å². The molecule has 0 radical (unpaired) electrons. The minimum Gasteiger partial charge on any atom is -0.481 e. The van der Waals surface area contributed by atoms with Gasteiger partial charge in [0.2, 0.25) is 0 Å². The summed E-state index contributed by atoms with van der Waals surface area (Å²) in [4.78, 5) is 12.7. The lowest BCUT2D eigenvalue weighted by Gasteiger charge is -2.43. The fourth-order valence-electron chi connectivity index (χ4n) is 1.73. The van der Waals surface area contributed by atoms with Crippen molar-refractivity contribution in [3.8, 4) is 0 Å². The Hall–Kier alpha value is -0.650. The average molecular weight is 171 g/mol. The van der Waals surface area contributed by atoms with Crippen molar-refractivity contribution >= 4 is 5.97 Å². The quantitative estimate of drug-likeness (QED) is 0.445. The van der Waals surface area contributed by atoms with E-state index in [4.69, 9.17) is 10.8 Å². The first-order valence-corrected chi connectivity index (χ1v) is 4.11. The van der Waals surface area contributed by atoms with Crippen LogP contribution in [0.15, 0.2) is 0 Å². The molecule has 0 aromatic heterocycles. The van der Waals surface area contributed by atoms with Crippen LogP contribution in [-0.4, -0.2) is 40.9 Å². The molecule has 5 heteroatoms. The van der Waals surface area contributed by atoms with E-state index in [1.807, 2.05) is 6.92 Å². The summed E-state index contributed by atoms with van der Waals surface area (Å²) < 4.78 is 0. The van der Waals surface area contributed by atoms with Gasteiger partial charge in [0.1, 0.15) is 0 Å². The van der Waals surface area contributed by atoms with Gasteiger partial charge in [-0.3, -0.25) is 15.0 Å². The second-order valence-corrected chi connectivity index (χ2v) is 3.52. The number of aliphatic carboxylic acids is 1. The van der Waals surface area contributed by atoms with Gasteiger partial charge in [0.15, 0.2) is 0 Å². The number of carboxylic acid groups (broad SMARTS) is 1. The standard InChI is InChI=1S/C7H13N3O2/c1-3-4(7(11)12)2-10(3)6-5(8)9-6/h3-6,9H,2,8H2,1H3,(H,11,12)/t3-,4-,5?,6?/m0/s1. The Balaban J connectivity index is 1.88. The number of nitrogens with one attached hydrogen (secondary N) is 1. The minimum absolute atomic E-state index is 0.0437. The number of nitrogens with two attached hydrogens (primary N) is 1. The maximum Gasteiger partial charge on any atom is 0.309 e. The first-order valence-electron chi connectivity index (χ1n) is 4.11. The van der Waals surface area contributed by atoms with Crippen LogP contribution in [0.4, 0.5) is 0 Å². The third-order valence-corrected chi connectivity index (χ3v) is 2.78. The molecule has 0 amide bonds. The van der Waals surface area contributed by atoms with E-state index in [1.165, 1.54) is 0 Å². The number of carbonyl (C=O) groups is 1. The monoisotopic (exact) mass is 171 g/mol. The molecular formula is C7H13N3O2. The topological polar surface area (TPSA) is 88.5 Å². The summed E-state index contributed by atoms with van der Waals surface area (Å²) in [6, 6.07) is 0.119. The average Bonchev–Trinajstić information content (AvgIpc) is 2.63. The van der Waals surface area contributed by atoms with Crippen LogP contribution in [0.1, 0.15) is 6.92 Å². The van der Waals surface area contributed by atoms with Crippen LogP contribution in [0.5, 0.6) is 0 Å². The molecule has 0 aromatic rings. The van der Waals surface area contributed by atoms with E-state index in [0.29, 0.717) is 6.54 Å². The normalized spacial score (nSPS) is 46.8. The Morgan fingerprint density at radius 2 is 2.33 bits per heavy atom. The zero-order chi connectivity index (χ0) is 8.88. The van der Waals surface area contributed by atoms with Crippen LogP contribution in [-0.2, 0) is 4.79 Å². The van der Waals surface area contributed by atoms with Crippen molar-refractivity contribution in [2.24, 2.45) is 11.7 Å². The number of likely N-dealkylation sites (tertiary alicyclic amines) is 1.